The highest BCUT2D eigenvalue weighted by atomic mass is 32.2. The maximum absolute atomic E-state index is 13.3. The van der Waals surface area contributed by atoms with Gasteiger partial charge in [-0.3, -0.25) is 19.8 Å². The Morgan fingerprint density at radius 2 is 1.55 bits per heavy atom. The molecule has 4 aromatic carbocycles. The number of thioether (sulfide) groups is 1. The molecule has 0 aliphatic carbocycles. The van der Waals surface area contributed by atoms with E-state index in [0.717, 1.165) is 27.1 Å². The summed E-state index contributed by atoms with van der Waals surface area (Å²) in [5.74, 6) is -0.285. The number of nitrogens with zero attached hydrogens (tertiary/aromatic N) is 2. The maximum Gasteiger partial charge on any atom is 0.271 e. The molecule has 1 saturated heterocycles. The lowest BCUT2D eigenvalue weighted by molar-refractivity contribution is -0.384. The zero-order valence-corrected chi connectivity index (χ0v) is 17.7. The molecule has 1 aliphatic rings. The van der Waals surface area contributed by atoms with Crippen molar-refractivity contribution in [3.05, 3.63) is 99.4 Å². The highest BCUT2D eigenvalue weighted by Gasteiger charge is 2.34. The Balaban J connectivity index is 1.65. The van der Waals surface area contributed by atoms with Gasteiger partial charge in [-0.2, -0.15) is 0 Å². The first kappa shape index (κ1) is 19.4. The van der Waals surface area contributed by atoms with Crippen LogP contribution in [0.1, 0.15) is 5.56 Å². The first-order valence-electron chi connectivity index (χ1n) is 9.46. The third kappa shape index (κ3) is 3.37. The van der Waals surface area contributed by atoms with Gasteiger partial charge in [0.1, 0.15) is 0 Å². The van der Waals surface area contributed by atoms with Crippen LogP contribution in [0.4, 0.5) is 11.4 Å². The predicted octanol–water partition coefficient (Wildman–Crippen LogP) is 6.31. The van der Waals surface area contributed by atoms with Crippen molar-refractivity contribution < 1.29 is 9.72 Å². The second kappa shape index (κ2) is 7.61. The van der Waals surface area contributed by atoms with Crippen LogP contribution in [0, 0.1) is 10.1 Å². The number of benzene rings is 4. The van der Waals surface area contributed by atoms with E-state index in [1.165, 1.54) is 28.8 Å². The molecular weight excluding hydrogens is 428 g/mol. The molecule has 0 atom stereocenters. The Morgan fingerprint density at radius 1 is 0.903 bits per heavy atom. The number of hydrogen-bond acceptors (Lipinski definition) is 5. The molecule has 4 aromatic rings. The lowest BCUT2D eigenvalue weighted by Gasteiger charge is -2.14. The van der Waals surface area contributed by atoms with Crippen LogP contribution in [0.5, 0.6) is 0 Å². The van der Waals surface area contributed by atoms with Crippen LogP contribution in [-0.4, -0.2) is 15.2 Å². The summed E-state index contributed by atoms with van der Waals surface area (Å²) in [7, 11) is 0. The smallest absolute Gasteiger partial charge is 0.268 e. The molecule has 1 heterocycles. The summed E-state index contributed by atoms with van der Waals surface area (Å²) < 4.78 is 0.348. The third-order valence-electron chi connectivity index (χ3n) is 5.18. The van der Waals surface area contributed by atoms with E-state index in [2.05, 4.69) is 6.07 Å². The van der Waals surface area contributed by atoms with Gasteiger partial charge in [0.15, 0.2) is 4.32 Å². The fourth-order valence-corrected chi connectivity index (χ4v) is 5.05. The van der Waals surface area contributed by atoms with E-state index in [4.69, 9.17) is 12.2 Å². The fraction of sp³-hybridized carbons (Fsp3) is 0. The Kier molecular flexibility index (Phi) is 4.77. The molecule has 1 aliphatic heterocycles. The molecule has 0 unspecified atom stereocenters. The van der Waals surface area contributed by atoms with E-state index in [-0.39, 0.29) is 11.6 Å². The molecule has 0 N–H and O–H groups in total. The largest absolute Gasteiger partial charge is 0.271 e. The first-order chi connectivity index (χ1) is 15.0. The summed E-state index contributed by atoms with van der Waals surface area (Å²) in [6.07, 6.45) is 1.88. The van der Waals surface area contributed by atoms with E-state index in [1.807, 2.05) is 54.6 Å². The van der Waals surface area contributed by atoms with Crippen molar-refractivity contribution in [3.8, 4) is 0 Å². The Bertz CT molecular complexity index is 1390. The number of fused-ring (bicyclic) bond motifs is 2. The van der Waals surface area contributed by atoms with Crippen LogP contribution in [0.2, 0.25) is 0 Å². The molecule has 1 fully saturated rings. The van der Waals surface area contributed by atoms with Crippen molar-refractivity contribution in [2.45, 2.75) is 0 Å². The standard InChI is InChI=1S/C24H14N2O3S2/c27-23-22(31-24(30)25(23)17-8-5-9-18(13-17)26(28)29)14-21-19-10-3-1-6-15(19)12-16-7-2-4-11-20(16)21/h1-14H/b22-14+. The van der Waals surface area contributed by atoms with Crippen molar-refractivity contribution in [2.75, 3.05) is 4.90 Å². The van der Waals surface area contributed by atoms with Gasteiger partial charge in [0.05, 0.1) is 15.5 Å². The number of nitro benzene ring substituents is 1. The van der Waals surface area contributed by atoms with Gasteiger partial charge in [0, 0.05) is 12.1 Å². The summed E-state index contributed by atoms with van der Waals surface area (Å²) >= 11 is 6.65. The molecule has 1 amide bonds. The molecule has 7 heteroatoms. The summed E-state index contributed by atoms with van der Waals surface area (Å²) in [4.78, 5) is 25.7. The van der Waals surface area contributed by atoms with Gasteiger partial charge in [-0.15, -0.1) is 0 Å². The second-order valence-electron chi connectivity index (χ2n) is 7.03. The van der Waals surface area contributed by atoms with Crippen LogP contribution in [-0.2, 0) is 4.79 Å². The first-order valence-corrected chi connectivity index (χ1v) is 10.7. The van der Waals surface area contributed by atoms with Crippen LogP contribution >= 0.6 is 24.0 Å². The summed E-state index contributed by atoms with van der Waals surface area (Å²) in [6, 6.07) is 24.2. The molecule has 31 heavy (non-hydrogen) atoms. The van der Waals surface area contributed by atoms with E-state index in [0.29, 0.717) is 14.9 Å². The molecule has 5 nitrogen and oxygen atoms in total. The van der Waals surface area contributed by atoms with Gasteiger partial charge in [-0.1, -0.05) is 78.6 Å². The minimum Gasteiger partial charge on any atom is -0.268 e. The number of amides is 1. The van der Waals surface area contributed by atoms with Gasteiger partial charge >= 0.3 is 0 Å². The van der Waals surface area contributed by atoms with Gasteiger partial charge in [-0.25, -0.2) is 0 Å². The summed E-state index contributed by atoms with van der Waals surface area (Å²) in [5, 5.41) is 15.4. The number of thiocarbonyl (C=S) groups is 1. The highest BCUT2D eigenvalue weighted by molar-refractivity contribution is 8.27. The topological polar surface area (TPSA) is 63.5 Å². The minimum atomic E-state index is -0.487. The lowest BCUT2D eigenvalue weighted by Crippen LogP contribution is -2.27. The molecule has 0 saturated carbocycles. The Labute approximate surface area is 187 Å². The van der Waals surface area contributed by atoms with Gasteiger partial charge in [0.25, 0.3) is 11.6 Å². The van der Waals surface area contributed by atoms with E-state index >= 15 is 0 Å². The van der Waals surface area contributed by atoms with Crippen LogP contribution in [0.25, 0.3) is 27.6 Å². The van der Waals surface area contributed by atoms with E-state index in [9.17, 15) is 14.9 Å². The van der Waals surface area contributed by atoms with Gasteiger partial charge < -0.3 is 0 Å². The van der Waals surface area contributed by atoms with Crippen molar-refractivity contribution in [1.82, 2.24) is 0 Å². The Hall–Kier alpha value is -3.55. The van der Waals surface area contributed by atoms with E-state index in [1.54, 1.807) is 12.1 Å². The van der Waals surface area contributed by atoms with E-state index < -0.39 is 4.92 Å². The average molecular weight is 443 g/mol. The van der Waals surface area contributed by atoms with Crippen molar-refractivity contribution in [3.63, 3.8) is 0 Å². The SMILES string of the molecule is O=C1/C(=C\c2c3ccccc3cc3ccccc23)SC(=S)N1c1cccc([N+](=O)[O-])c1. The number of anilines is 1. The summed E-state index contributed by atoms with van der Waals surface area (Å²) in [6.45, 7) is 0. The average Bonchev–Trinajstić information content (AvgIpc) is 3.06. The number of nitro groups is 1. The Morgan fingerprint density at radius 3 is 2.19 bits per heavy atom. The summed E-state index contributed by atoms with van der Waals surface area (Å²) in [5.41, 5.74) is 1.26. The predicted molar refractivity (Wildman–Crippen MR) is 130 cm³/mol. The number of rotatable bonds is 3. The van der Waals surface area contributed by atoms with Gasteiger partial charge in [-0.05, 0) is 45.3 Å². The quantitative estimate of drug-likeness (QED) is 0.122. The number of carbonyl (C=O) groups excluding carboxylic acids is 1. The third-order valence-corrected chi connectivity index (χ3v) is 6.48. The monoisotopic (exact) mass is 442 g/mol. The number of hydrogen-bond donors (Lipinski definition) is 0. The molecule has 150 valence electrons. The normalized spacial score (nSPS) is 15.4. The fourth-order valence-electron chi connectivity index (χ4n) is 3.77. The number of non-ortho nitro benzene ring substituents is 1. The maximum atomic E-state index is 13.3. The molecule has 5 rings (SSSR count). The van der Waals surface area contributed by atoms with Gasteiger partial charge in [0.2, 0.25) is 0 Å². The second-order valence-corrected chi connectivity index (χ2v) is 8.70. The molecule has 0 spiro atoms. The molecule has 0 radical (unpaired) electrons. The zero-order valence-electron chi connectivity index (χ0n) is 16.0. The highest BCUT2D eigenvalue weighted by Crippen LogP contribution is 2.39. The number of carbonyl (C=O) groups is 1. The van der Waals surface area contributed by atoms with Crippen LogP contribution in [0.3, 0.4) is 0 Å². The molecule has 0 aromatic heterocycles. The molecular formula is C24H14N2O3S2. The van der Waals surface area contributed by atoms with Crippen molar-refractivity contribution in [1.29, 1.82) is 0 Å². The van der Waals surface area contributed by atoms with Crippen molar-refractivity contribution in [2.24, 2.45) is 0 Å². The van der Waals surface area contributed by atoms with Crippen LogP contribution < -0.4 is 4.90 Å². The lowest BCUT2D eigenvalue weighted by atomic mass is 9.96. The zero-order chi connectivity index (χ0) is 21.5. The molecule has 0 bridgehead atoms. The minimum absolute atomic E-state index is 0.0874. The van der Waals surface area contributed by atoms with Crippen molar-refractivity contribution >= 4 is 73.2 Å². The van der Waals surface area contributed by atoms with Crippen LogP contribution in [0.15, 0.2) is 83.8 Å².